The molecule has 1 aromatic carbocycles. The average Bonchev–Trinajstić information content (AvgIpc) is 2.98. The Labute approximate surface area is 141 Å². The molecule has 0 radical (unpaired) electrons. The van der Waals surface area contributed by atoms with Gasteiger partial charge in [-0.1, -0.05) is 6.92 Å². The first-order valence-electron chi connectivity index (χ1n) is 7.35. The molecule has 0 saturated carbocycles. The van der Waals surface area contributed by atoms with Crippen molar-refractivity contribution < 1.29 is 19.1 Å². The van der Waals surface area contributed by atoms with Crippen LogP contribution in [0, 0.1) is 6.92 Å². The number of benzene rings is 1. The van der Waals surface area contributed by atoms with Crippen LogP contribution < -0.4 is 10.2 Å². The molecule has 2 heterocycles. The molecule has 0 aliphatic carbocycles. The molecule has 0 unspecified atom stereocenters. The Balaban J connectivity index is 2.13. The van der Waals surface area contributed by atoms with Gasteiger partial charge in [0.25, 0.3) is 0 Å². The molecule has 7 heteroatoms. The highest BCUT2D eigenvalue weighted by Gasteiger charge is 2.15. The molecule has 0 atom stereocenters. The number of thiazole rings is 1. The van der Waals surface area contributed by atoms with Crippen molar-refractivity contribution in [1.82, 2.24) is 4.98 Å². The number of aliphatic carboxylic acids is 1. The summed E-state index contributed by atoms with van der Waals surface area (Å²) in [5.74, 6) is -0.651. The molecule has 0 amide bonds. The van der Waals surface area contributed by atoms with E-state index in [1.807, 2.05) is 19.2 Å². The lowest BCUT2D eigenvalue weighted by Crippen LogP contribution is -2.11. The summed E-state index contributed by atoms with van der Waals surface area (Å²) in [5.41, 5.74) is 2.21. The highest BCUT2D eigenvalue weighted by molar-refractivity contribution is 7.13. The first kappa shape index (κ1) is 16.2. The van der Waals surface area contributed by atoms with E-state index < -0.39 is 12.6 Å². The molecule has 3 aromatic rings. The first-order valence-corrected chi connectivity index (χ1v) is 8.23. The van der Waals surface area contributed by atoms with Crippen LogP contribution in [0.5, 0.6) is 5.75 Å². The molecule has 0 fully saturated rings. The predicted molar refractivity (Wildman–Crippen MR) is 90.8 cm³/mol. The second-order valence-electron chi connectivity index (χ2n) is 5.26. The standard InChI is InChI=1S/C17H15NO5S/c1-3-10-4-11-14(5-13(10)23-7-15(19)20)22-6-12(16(11)21)17-18-9(2)8-24-17/h4-6,8H,3,7H2,1-2H3,(H,19,20). The third-order valence-corrected chi connectivity index (χ3v) is 4.53. The largest absolute Gasteiger partial charge is 0.481 e. The number of hydrogen-bond acceptors (Lipinski definition) is 6. The Morgan fingerprint density at radius 1 is 1.42 bits per heavy atom. The van der Waals surface area contributed by atoms with E-state index in [9.17, 15) is 9.59 Å². The fourth-order valence-corrected chi connectivity index (χ4v) is 3.18. The number of hydrogen-bond donors (Lipinski definition) is 1. The molecule has 2 aromatic heterocycles. The zero-order chi connectivity index (χ0) is 17.3. The van der Waals surface area contributed by atoms with Gasteiger partial charge in [0.05, 0.1) is 10.9 Å². The molecule has 0 aliphatic rings. The molecule has 0 aliphatic heterocycles. The summed E-state index contributed by atoms with van der Waals surface area (Å²) in [7, 11) is 0. The minimum absolute atomic E-state index is 0.162. The van der Waals surface area contributed by atoms with Gasteiger partial charge in [-0.05, 0) is 25.0 Å². The summed E-state index contributed by atoms with van der Waals surface area (Å²) in [6.45, 7) is 3.33. The van der Waals surface area contributed by atoms with Crippen molar-refractivity contribution in [3.63, 3.8) is 0 Å². The number of carbonyl (C=O) groups is 1. The Hall–Kier alpha value is -2.67. The molecule has 24 heavy (non-hydrogen) atoms. The van der Waals surface area contributed by atoms with Crippen molar-refractivity contribution in [1.29, 1.82) is 0 Å². The van der Waals surface area contributed by atoms with Gasteiger partial charge in [0.2, 0.25) is 5.43 Å². The minimum atomic E-state index is -1.06. The lowest BCUT2D eigenvalue weighted by molar-refractivity contribution is -0.139. The molecule has 0 saturated heterocycles. The van der Waals surface area contributed by atoms with E-state index in [1.165, 1.54) is 17.6 Å². The van der Waals surface area contributed by atoms with Crippen LogP contribution in [0.2, 0.25) is 0 Å². The van der Waals surface area contributed by atoms with Crippen molar-refractivity contribution in [2.75, 3.05) is 6.61 Å². The molecule has 6 nitrogen and oxygen atoms in total. The van der Waals surface area contributed by atoms with E-state index in [2.05, 4.69) is 4.98 Å². The van der Waals surface area contributed by atoms with Gasteiger partial charge in [-0.15, -0.1) is 11.3 Å². The van der Waals surface area contributed by atoms with Gasteiger partial charge in [-0.3, -0.25) is 4.79 Å². The normalized spacial score (nSPS) is 10.9. The van der Waals surface area contributed by atoms with Gasteiger partial charge >= 0.3 is 5.97 Å². The van der Waals surface area contributed by atoms with Gasteiger partial charge in [0.1, 0.15) is 22.6 Å². The topological polar surface area (TPSA) is 89.6 Å². The van der Waals surface area contributed by atoms with Crippen molar-refractivity contribution in [3.05, 3.63) is 45.3 Å². The Morgan fingerprint density at radius 2 is 2.21 bits per heavy atom. The lowest BCUT2D eigenvalue weighted by atomic mass is 10.1. The summed E-state index contributed by atoms with van der Waals surface area (Å²) in [5, 5.41) is 11.7. The van der Waals surface area contributed by atoms with Gasteiger partial charge in [0.15, 0.2) is 6.61 Å². The molecule has 3 rings (SSSR count). The van der Waals surface area contributed by atoms with E-state index in [1.54, 1.807) is 12.1 Å². The summed E-state index contributed by atoms with van der Waals surface area (Å²) >= 11 is 1.39. The van der Waals surface area contributed by atoms with Gasteiger partial charge < -0.3 is 14.3 Å². The number of carboxylic acids is 1. The maximum Gasteiger partial charge on any atom is 0.341 e. The second-order valence-corrected chi connectivity index (χ2v) is 6.12. The highest BCUT2D eigenvalue weighted by atomic mass is 32.1. The number of fused-ring (bicyclic) bond motifs is 1. The van der Waals surface area contributed by atoms with Crippen LogP contribution in [-0.2, 0) is 11.2 Å². The van der Waals surface area contributed by atoms with Gasteiger partial charge in [-0.2, -0.15) is 0 Å². The molecule has 1 N–H and O–H groups in total. The van der Waals surface area contributed by atoms with E-state index in [0.717, 1.165) is 11.3 Å². The lowest BCUT2D eigenvalue weighted by Gasteiger charge is -2.10. The Kier molecular flexibility index (Phi) is 4.35. The number of nitrogens with zero attached hydrogens (tertiary/aromatic N) is 1. The fraction of sp³-hybridized carbons (Fsp3) is 0.235. The van der Waals surface area contributed by atoms with Crippen LogP contribution in [0.4, 0.5) is 0 Å². The average molecular weight is 345 g/mol. The summed E-state index contributed by atoms with van der Waals surface area (Å²) < 4.78 is 10.9. The van der Waals surface area contributed by atoms with Gasteiger partial charge in [-0.25, -0.2) is 9.78 Å². The summed E-state index contributed by atoms with van der Waals surface area (Å²) in [4.78, 5) is 27.8. The van der Waals surface area contributed by atoms with Crippen LogP contribution in [0.15, 0.2) is 33.0 Å². The fourth-order valence-electron chi connectivity index (χ4n) is 2.38. The number of ether oxygens (including phenoxy) is 1. The third-order valence-electron chi connectivity index (χ3n) is 3.54. The maximum atomic E-state index is 12.8. The minimum Gasteiger partial charge on any atom is -0.481 e. The number of rotatable bonds is 5. The molecular weight excluding hydrogens is 330 g/mol. The number of carboxylic acid groups (broad SMARTS) is 1. The van der Waals surface area contributed by atoms with Crippen LogP contribution in [0.3, 0.4) is 0 Å². The number of aromatic nitrogens is 1. The second kappa shape index (κ2) is 6.45. The van der Waals surface area contributed by atoms with Crippen LogP contribution in [0.25, 0.3) is 21.5 Å². The van der Waals surface area contributed by atoms with Gasteiger partial charge in [0, 0.05) is 17.1 Å². The van der Waals surface area contributed by atoms with Crippen molar-refractivity contribution >= 4 is 28.3 Å². The van der Waals surface area contributed by atoms with E-state index in [-0.39, 0.29) is 5.43 Å². The van der Waals surface area contributed by atoms with Crippen LogP contribution in [-0.4, -0.2) is 22.7 Å². The molecule has 124 valence electrons. The predicted octanol–water partition coefficient (Wildman–Crippen LogP) is 3.25. The molecule has 0 bridgehead atoms. The van der Waals surface area contributed by atoms with Crippen molar-refractivity contribution in [2.45, 2.75) is 20.3 Å². The van der Waals surface area contributed by atoms with Crippen LogP contribution in [0.1, 0.15) is 18.2 Å². The SMILES string of the molecule is CCc1cc2c(=O)c(-c3nc(C)cs3)coc2cc1OCC(=O)O. The summed E-state index contributed by atoms with van der Waals surface area (Å²) in [6.07, 6.45) is 1.99. The molecule has 0 spiro atoms. The summed E-state index contributed by atoms with van der Waals surface area (Å²) in [6, 6.07) is 3.26. The van der Waals surface area contributed by atoms with Crippen LogP contribution >= 0.6 is 11.3 Å². The Morgan fingerprint density at radius 3 is 2.83 bits per heavy atom. The van der Waals surface area contributed by atoms with Crippen molar-refractivity contribution in [3.8, 4) is 16.3 Å². The highest BCUT2D eigenvalue weighted by Crippen LogP contribution is 2.28. The number of aryl methyl sites for hydroxylation is 2. The first-order chi connectivity index (χ1) is 11.5. The smallest absolute Gasteiger partial charge is 0.341 e. The van der Waals surface area contributed by atoms with E-state index in [0.29, 0.717) is 33.7 Å². The van der Waals surface area contributed by atoms with Crippen molar-refractivity contribution in [2.24, 2.45) is 0 Å². The monoisotopic (exact) mass is 345 g/mol. The van der Waals surface area contributed by atoms with E-state index >= 15 is 0 Å². The third kappa shape index (κ3) is 3.03. The zero-order valence-electron chi connectivity index (χ0n) is 13.2. The van der Waals surface area contributed by atoms with E-state index in [4.69, 9.17) is 14.3 Å². The zero-order valence-corrected chi connectivity index (χ0v) is 14.0. The Bertz CT molecular complexity index is 973. The maximum absolute atomic E-state index is 12.8. The molecular formula is C17H15NO5S. The quantitative estimate of drug-likeness (QED) is 0.763.